The second kappa shape index (κ2) is 4.50. The zero-order chi connectivity index (χ0) is 12.4. The molecule has 0 heterocycles. The molecule has 88 valence electrons. The van der Waals surface area contributed by atoms with Gasteiger partial charge in [0.1, 0.15) is 0 Å². The molecule has 2 aromatic carbocycles. The lowest BCUT2D eigenvalue weighted by Crippen LogP contribution is -2.00. The van der Waals surface area contributed by atoms with Gasteiger partial charge in [0, 0.05) is 5.69 Å². The van der Waals surface area contributed by atoms with Gasteiger partial charge in [-0.05, 0) is 55.7 Å². The van der Waals surface area contributed by atoms with Crippen molar-refractivity contribution in [3.05, 3.63) is 53.1 Å². The number of hydrogen-bond donors (Lipinski definition) is 2. The summed E-state index contributed by atoms with van der Waals surface area (Å²) in [5.41, 5.74) is 12.6. The minimum atomic E-state index is 0.825. The van der Waals surface area contributed by atoms with Crippen LogP contribution in [0.4, 0.5) is 17.1 Å². The Morgan fingerprint density at radius 2 is 1.76 bits per heavy atom. The number of benzene rings is 2. The number of aryl methyl sites for hydroxylation is 2. The minimum Gasteiger partial charge on any atom is -0.397 e. The van der Waals surface area contributed by atoms with E-state index >= 15 is 0 Å². The summed E-state index contributed by atoms with van der Waals surface area (Å²) < 4.78 is 0. The molecule has 0 fully saturated rings. The molecule has 0 aliphatic rings. The van der Waals surface area contributed by atoms with E-state index in [1.165, 1.54) is 11.1 Å². The average molecular weight is 226 g/mol. The van der Waals surface area contributed by atoms with Gasteiger partial charge in [0.05, 0.1) is 11.4 Å². The summed E-state index contributed by atoms with van der Waals surface area (Å²) in [6, 6.07) is 12.4. The van der Waals surface area contributed by atoms with Crippen LogP contribution < -0.4 is 11.1 Å². The van der Waals surface area contributed by atoms with Crippen LogP contribution in [0.15, 0.2) is 36.4 Å². The summed E-state index contributed by atoms with van der Waals surface area (Å²) in [6.45, 7) is 6.20. The predicted octanol–water partition coefficient (Wildman–Crippen LogP) is 3.94. The summed E-state index contributed by atoms with van der Waals surface area (Å²) in [5, 5.41) is 3.36. The highest BCUT2D eigenvalue weighted by Crippen LogP contribution is 2.28. The van der Waals surface area contributed by atoms with E-state index in [2.05, 4.69) is 37.4 Å². The predicted molar refractivity (Wildman–Crippen MR) is 74.8 cm³/mol. The van der Waals surface area contributed by atoms with E-state index in [1.807, 2.05) is 25.1 Å². The van der Waals surface area contributed by atoms with Crippen LogP contribution in [0.3, 0.4) is 0 Å². The fourth-order valence-electron chi connectivity index (χ4n) is 1.82. The minimum absolute atomic E-state index is 0.825. The molecule has 0 aromatic heterocycles. The van der Waals surface area contributed by atoms with Crippen molar-refractivity contribution in [3.63, 3.8) is 0 Å². The van der Waals surface area contributed by atoms with Crippen molar-refractivity contribution in [2.24, 2.45) is 0 Å². The van der Waals surface area contributed by atoms with Gasteiger partial charge in [-0.2, -0.15) is 0 Å². The third-order valence-electron chi connectivity index (χ3n) is 3.08. The molecule has 0 atom stereocenters. The van der Waals surface area contributed by atoms with Crippen molar-refractivity contribution < 1.29 is 0 Å². The number of nitrogens with one attached hydrogen (secondary N) is 1. The second-order valence-electron chi connectivity index (χ2n) is 4.46. The molecule has 0 unspecified atom stereocenters. The van der Waals surface area contributed by atoms with E-state index in [4.69, 9.17) is 5.73 Å². The summed E-state index contributed by atoms with van der Waals surface area (Å²) in [7, 11) is 0. The molecule has 0 bridgehead atoms. The monoisotopic (exact) mass is 226 g/mol. The van der Waals surface area contributed by atoms with Crippen LogP contribution in [0, 0.1) is 20.8 Å². The molecule has 2 rings (SSSR count). The Hall–Kier alpha value is -1.96. The van der Waals surface area contributed by atoms with Crippen LogP contribution in [0.1, 0.15) is 16.7 Å². The molecular formula is C15H18N2. The van der Waals surface area contributed by atoms with Crippen LogP contribution >= 0.6 is 0 Å². The topological polar surface area (TPSA) is 38.0 Å². The van der Waals surface area contributed by atoms with Gasteiger partial charge in [-0.3, -0.25) is 0 Å². The summed E-state index contributed by atoms with van der Waals surface area (Å²) in [6.07, 6.45) is 0. The van der Waals surface area contributed by atoms with Gasteiger partial charge < -0.3 is 11.1 Å². The van der Waals surface area contributed by atoms with E-state index in [-0.39, 0.29) is 0 Å². The van der Waals surface area contributed by atoms with Crippen molar-refractivity contribution in [1.29, 1.82) is 0 Å². The highest BCUT2D eigenvalue weighted by Gasteiger charge is 2.04. The molecule has 0 aliphatic carbocycles. The second-order valence-corrected chi connectivity index (χ2v) is 4.46. The first kappa shape index (κ1) is 11.5. The zero-order valence-corrected chi connectivity index (χ0v) is 10.5. The maximum absolute atomic E-state index is 6.11. The first-order chi connectivity index (χ1) is 8.08. The number of anilines is 3. The maximum atomic E-state index is 6.11. The first-order valence-electron chi connectivity index (χ1n) is 5.77. The van der Waals surface area contributed by atoms with Crippen molar-refractivity contribution in [1.82, 2.24) is 0 Å². The molecule has 0 radical (unpaired) electrons. The average Bonchev–Trinajstić information content (AvgIpc) is 2.30. The first-order valence-corrected chi connectivity index (χ1v) is 5.77. The molecule has 3 N–H and O–H groups in total. The Kier molecular flexibility index (Phi) is 3.05. The Morgan fingerprint density at radius 1 is 1.00 bits per heavy atom. The number of hydrogen-bond acceptors (Lipinski definition) is 2. The third kappa shape index (κ3) is 2.41. The van der Waals surface area contributed by atoms with Crippen molar-refractivity contribution >= 4 is 17.1 Å². The summed E-state index contributed by atoms with van der Waals surface area (Å²) in [4.78, 5) is 0. The number of nitrogens with two attached hydrogens (primary N) is 1. The third-order valence-corrected chi connectivity index (χ3v) is 3.08. The van der Waals surface area contributed by atoms with Crippen LogP contribution in [-0.2, 0) is 0 Å². The zero-order valence-electron chi connectivity index (χ0n) is 10.5. The number of nitrogen functional groups attached to an aromatic ring is 1. The van der Waals surface area contributed by atoms with Gasteiger partial charge in [-0.15, -0.1) is 0 Å². The Balaban J connectivity index is 2.34. The fraction of sp³-hybridized carbons (Fsp3) is 0.200. The summed E-state index contributed by atoms with van der Waals surface area (Å²) >= 11 is 0. The molecule has 0 saturated carbocycles. The molecule has 17 heavy (non-hydrogen) atoms. The van der Waals surface area contributed by atoms with E-state index in [1.54, 1.807) is 0 Å². The van der Waals surface area contributed by atoms with E-state index < -0.39 is 0 Å². The molecule has 0 amide bonds. The normalized spacial score (nSPS) is 10.3. The van der Waals surface area contributed by atoms with E-state index in [0.29, 0.717) is 0 Å². The van der Waals surface area contributed by atoms with Crippen LogP contribution in [0.2, 0.25) is 0 Å². The Labute approximate surface area is 102 Å². The van der Waals surface area contributed by atoms with Gasteiger partial charge in [0.2, 0.25) is 0 Å². The van der Waals surface area contributed by atoms with E-state index in [9.17, 15) is 0 Å². The smallest absolute Gasteiger partial charge is 0.0620 e. The van der Waals surface area contributed by atoms with Gasteiger partial charge in [-0.1, -0.05) is 18.2 Å². The van der Waals surface area contributed by atoms with Gasteiger partial charge >= 0.3 is 0 Å². The molecule has 0 spiro atoms. The standard InChI is InChI=1S/C15H18N2/c1-10-5-4-6-13(9-10)17-14-8-7-11(2)12(3)15(14)16/h4-9,17H,16H2,1-3H3. The summed E-state index contributed by atoms with van der Waals surface area (Å²) in [5.74, 6) is 0. The largest absolute Gasteiger partial charge is 0.397 e. The molecule has 2 nitrogen and oxygen atoms in total. The maximum Gasteiger partial charge on any atom is 0.0620 e. The van der Waals surface area contributed by atoms with Gasteiger partial charge in [-0.25, -0.2) is 0 Å². The molecule has 0 saturated heterocycles. The van der Waals surface area contributed by atoms with Crippen LogP contribution in [0.25, 0.3) is 0 Å². The van der Waals surface area contributed by atoms with Gasteiger partial charge in [0.25, 0.3) is 0 Å². The lowest BCUT2D eigenvalue weighted by atomic mass is 10.1. The van der Waals surface area contributed by atoms with Crippen molar-refractivity contribution in [2.45, 2.75) is 20.8 Å². The highest BCUT2D eigenvalue weighted by atomic mass is 14.9. The van der Waals surface area contributed by atoms with Gasteiger partial charge in [0.15, 0.2) is 0 Å². The Bertz CT molecular complexity index is 545. The quantitative estimate of drug-likeness (QED) is 0.761. The molecule has 2 aromatic rings. The lowest BCUT2D eigenvalue weighted by molar-refractivity contribution is 1.34. The SMILES string of the molecule is Cc1cccc(Nc2ccc(C)c(C)c2N)c1. The van der Waals surface area contributed by atoms with Crippen LogP contribution in [0.5, 0.6) is 0 Å². The van der Waals surface area contributed by atoms with Crippen molar-refractivity contribution in [2.75, 3.05) is 11.1 Å². The highest BCUT2D eigenvalue weighted by molar-refractivity contribution is 5.76. The fourth-order valence-corrected chi connectivity index (χ4v) is 1.82. The van der Waals surface area contributed by atoms with Crippen LogP contribution in [-0.4, -0.2) is 0 Å². The van der Waals surface area contributed by atoms with E-state index in [0.717, 1.165) is 22.6 Å². The lowest BCUT2D eigenvalue weighted by Gasteiger charge is -2.13. The molecule has 2 heteroatoms. The number of rotatable bonds is 2. The van der Waals surface area contributed by atoms with Crippen molar-refractivity contribution in [3.8, 4) is 0 Å². The Morgan fingerprint density at radius 3 is 2.47 bits per heavy atom. The molecular weight excluding hydrogens is 208 g/mol. The molecule has 0 aliphatic heterocycles.